The Morgan fingerprint density at radius 2 is 1.86 bits per heavy atom. The molecule has 2 aromatic rings. The van der Waals surface area contributed by atoms with Gasteiger partial charge in [0.25, 0.3) is 5.91 Å². The summed E-state index contributed by atoms with van der Waals surface area (Å²) in [6.45, 7) is 0. The second-order valence-electron chi connectivity index (χ2n) is 4.16. The molecule has 0 aromatic heterocycles. The van der Waals surface area contributed by atoms with Crippen molar-refractivity contribution < 1.29 is 18.3 Å². The average Bonchev–Trinajstić information content (AvgIpc) is 2.37. The number of sulfonamides is 1. The van der Waals surface area contributed by atoms with Gasteiger partial charge in [-0.2, -0.15) is 0 Å². The summed E-state index contributed by atoms with van der Waals surface area (Å²) in [7, 11) is -3.96. The highest BCUT2D eigenvalue weighted by Gasteiger charge is 2.17. The second kappa shape index (κ2) is 5.84. The molecule has 0 radical (unpaired) electrons. The van der Waals surface area contributed by atoms with E-state index in [0.29, 0.717) is 4.47 Å². The van der Waals surface area contributed by atoms with Crippen molar-refractivity contribution >= 4 is 37.5 Å². The molecule has 6 nitrogen and oxygen atoms in total. The zero-order chi connectivity index (χ0) is 15.6. The van der Waals surface area contributed by atoms with Crippen molar-refractivity contribution in [1.29, 1.82) is 0 Å². The van der Waals surface area contributed by atoms with Crippen LogP contribution in [0.4, 0.5) is 5.69 Å². The standard InChI is InChI=1S/C13H11BrN2O4S/c14-8-5-6-9(11(17)7-8)13(18)16-10-3-1-2-4-12(10)21(15,19)20/h1-7,17H,(H,16,18)(H2,15,19,20). The van der Waals surface area contributed by atoms with E-state index in [9.17, 15) is 18.3 Å². The number of primary sulfonamides is 1. The molecule has 0 fully saturated rings. The lowest BCUT2D eigenvalue weighted by Gasteiger charge is -2.10. The van der Waals surface area contributed by atoms with Gasteiger partial charge >= 0.3 is 0 Å². The molecule has 21 heavy (non-hydrogen) atoms. The predicted octanol–water partition coefficient (Wildman–Crippen LogP) is 2.05. The first kappa shape index (κ1) is 15.5. The molecule has 0 unspecified atom stereocenters. The summed E-state index contributed by atoms with van der Waals surface area (Å²) >= 11 is 3.16. The van der Waals surface area contributed by atoms with E-state index >= 15 is 0 Å². The second-order valence-corrected chi connectivity index (χ2v) is 6.60. The van der Waals surface area contributed by atoms with Crippen LogP contribution in [-0.2, 0) is 10.0 Å². The number of hydrogen-bond acceptors (Lipinski definition) is 4. The minimum absolute atomic E-state index is 0.0161. The summed E-state index contributed by atoms with van der Waals surface area (Å²) in [6.07, 6.45) is 0. The Bertz CT molecular complexity index is 806. The van der Waals surface area contributed by atoms with Crippen LogP contribution in [0.2, 0.25) is 0 Å². The van der Waals surface area contributed by atoms with Crippen LogP contribution in [0.5, 0.6) is 5.75 Å². The van der Waals surface area contributed by atoms with Crippen LogP contribution in [0.15, 0.2) is 51.8 Å². The fourth-order valence-electron chi connectivity index (χ4n) is 1.70. The number of aromatic hydroxyl groups is 1. The van der Waals surface area contributed by atoms with Crippen molar-refractivity contribution in [3.05, 3.63) is 52.5 Å². The van der Waals surface area contributed by atoms with Crippen LogP contribution in [0.25, 0.3) is 0 Å². The van der Waals surface area contributed by atoms with E-state index in [2.05, 4.69) is 21.2 Å². The van der Waals surface area contributed by atoms with E-state index < -0.39 is 15.9 Å². The fraction of sp³-hybridized carbons (Fsp3) is 0. The Morgan fingerprint density at radius 1 is 1.19 bits per heavy atom. The molecule has 0 atom stereocenters. The van der Waals surface area contributed by atoms with Crippen molar-refractivity contribution in [2.75, 3.05) is 5.32 Å². The highest BCUT2D eigenvalue weighted by atomic mass is 79.9. The van der Waals surface area contributed by atoms with Crippen LogP contribution in [-0.4, -0.2) is 19.4 Å². The average molecular weight is 371 g/mol. The molecule has 0 heterocycles. The summed E-state index contributed by atoms with van der Waals surface area (Å²) in [5.41, 5.74) is 0.0646. The molecule has 8 heteroatoms. The summed E-state index contributed by atoms with van der Waals surface area (Å²) in [4.78, 5) is 11.9. The number of carbonyl (C=O) groups is 1. The molecule has 2 rings (SSSR count). The number of nitrogens with two attached hydrogens (primary N) is 1. The highest BCUT2D eigenvalue weighted by molar-refractivity contribution is 9.10. The molecular weight excluding hydrogens is 360 g/mol. The summed E-state index contributed by atoms with van der Waals surface area (Å²) in [5.74, 6) is -0.869. The number of hydrogen-bond donors (Lipinski definition) is 3. The van der Waals surface area contributed by atoms with Crippen LogP contribution in [0.3, 0.4) is 0 Å². The lowest BCUT2D eigenvalue weighted by Crippen LogP contribution is -2.18. The van der Waals surface area contributed by atoms with Gasteiger partial charge in [-0.15, -0.1) is 0 Å². The van der Waals surface area contributed by atoms with Crippen LogP contribution in [0.1, 0.15) is 10.4 Å². The third kappa shape index (κ3) is 3.60. The van der Waals surface area contributed by atoms with Gasteiger partial charge in [0.15, 0.2) is 0 Å². The number of phenols is 1. The minimum Gasteiger partial charge on any atom is -0.507 e. The van der Waals surface area contributed by atoms with Crippen LogP contribution < -0.4 is 10.5 Å². The third-order valence-electron chi connectivity index (χ3n) is 2.65. The molecule has 1 amide bonds. The molecule has 110 valence electrons. The summed E-state index contributed by atoms with van der Waals surface area (Å²) < 4.78 is 23.5. The summed E-state index contributed by atoms with van der Waals surface area (Å²) in [6, 6.07) is 10.1. The largest absolute Gasteiger partial charge is 0.507 e. The van der Waals surface area contributed by atoms with Crippen molar-refractivity contribution in [2.45, 2.75) is 4.90 Å². The number of nitrogens with one attached hydrogen (secondary N) is 1. The van der Waals surface area contributed by atoms with E-state index in [1.165, 1.54) is 30.3 Å². The molecule has 0 bridgehead atoms. The van der Waals surface area contributed by atoms with Crippen LogP contribution >= 0.6 is 15.9 Å². The summed E-state index contributed by atoms with van der Waals surface area (Å²) in [5, 5.41) is 17.2. The molecule has 0 aliphatic rings. The highest BCUT2D eigenvalue weighted by Crippen LogP contribution is 2.25. The number of rotatable bonds is 3. The molecule has 0 aliphatic carbocycles. The van der Waals surface area contributed by atoms with Gasteiger partial charge in [0.2, 0.25) is 10.0 Å². The van der Waals surface area contributed by atoms with Gasteiger partial charge in [0, 0.05) is 4.47 Å². The number of amides is 1. The van der Waals surface area contributed by atoms with Crippen molar-refractivity contribution in [3.63, 3.8) is 0 Å². The van der Waals surface area contributed by atoms with Gasteiger partial charge in [0.05, 0.1) is 11.3 Å². The molecule has 0 saturated carbocycles. The molecule has 0 spiro atoms. The number of phenolic OH excluding ortho intramolecular Hbond substituents is 1. The van der Waals surface area contributed by atoms with E-state index in [0.717, 1.165) is 0 Å². The zero-order valence-corrected chi connectivity index (χ0v) is 13.0. The van der Waals surface area contributed by atoms with Gasteiger partial charge in [-0.05, 0) is 30.3 Å². The van der Waals surface area contributed by atoms with Crippen molar-refractivity contribution in [2.24, 2.45) is 5.14 Å². The Kier molecular flexibility index (Phi) is 4.31. The molecular formula is C13H11BrN2O4S. The fourth-order valence-corrected chi connectivity index (χ4v) is 2.75. The topological polar surface area (TPSA) is 109 Å². The van der Waals surface area contributed by atoms with Gasteiger partial charge in [-0.25, -0.2) is 13.6 Å². The van der Waals surface area contributed by atoms with E-state index in [4.69, 9.17) is 5.14 Å². The van der Waals surface area contributed by atoms with Gasteiger partial charge < -0.3 is 10.4 Å². The smallest absolute Gasteiger partial charge is 0.259 e. The maximum absolute atomic E-state index is 12.1. The number of anilines is 1. The normalized spacial score (nSPS) is 11.1. The zero-order valence-electron chi connectivity index (χ0n) is 10.6. The van der Waals surface area contributed by atoms with E-state index in [1.54, 1.807) is 12.1 Å². The number of carbonyl (C=O) groups excluding carboxylic acids is 1. The first-order chi connectivity index (χ1) is 9.79. The predicted molar refractivity (Wildman–Crippen MR) is 81.6 cm³/mol. The van der Waals surface area contributed by atoms with Gasteiger partial charge in [0.1, 0.15) is 10.6 Å². The number of benzene rings is 2. The lowest BCUT2D eigenvalue weighted by molar-refractivity contribution is 0.102. The van der Waals surface area contributed by atoms with Gasteiger partial charge in [-0.1, -0.05) is 28.1 Å². The maximum atomic E-state index is 12.1. The quantitative estimate of drug-likeness (QED) is 0.767. The van der Waals surface area contributed by atoms with Gasteiger partial charge in [-0.3, -0.25) is 4.79 Å². The molecule has 2 aromatic carbocycles. The monoisotopic (exact) mass is 370 g/mol. The first-order valence-corrected chi connectivity index (χ1v) is 8.04. The maximum Gasteiger partial charge on any atom is 0.259 e. The molecule has 4 N–H and O–H groups in total. The Morgan fingerprint density at radius 3 is 2.48 bits per heavy atom. The van der Waals surface area contributed by atoms with Crippen molar-refractivity contribution in [3.8, 4) is 5.75 Å². The Balaban J connectivity index is 2.37. The number of para-hydroxylation sites is 1. The lowest BCUT2D eigenvalue weighted by atomic mass is 10.2. The SMILES string of the molecule is NS(=O)(=O)c1ccccc1NC(=O)c1ccc(Br)cc1O. The Labute approximate surface area is 129 Å². The minimum atomic E-state index is -3.96. The number of halogens is 1. The van der Waals surface area contributed by atoms with E-state index in [-0.39, 0.29) is 21.9 Å². The Hall–Kier alpha value is -1.90. The molecule has 0 aliphatic heterocycles. The first-order valence-electron chi connectivity index (χ1n) is 5.71. The molecule has 0 saturated heterocycles. The third-order valence-corrected chi connectivity index (χ3v) is 4.11. The van der Waals surface area contributed by atoms with Crippen molar-refractivity contribution in [1.82, 2.24) is 0 Å². The van der Waals surface area contributed by atoms with Crippen LogP contribution in [0, 0.1) is 0 Å². The van der Waals surface area contributed by atoms with E-state index in [1.807, 2.05) is 0 Å².